The van der Waals surface area contributed by atoms with Gasteiger partial charge in [-0.2, -0.15) is 5.10 Å². The highest BCUT2D eigenvalue weighted by atomic mass is 16.5. The molecule has 0 spiro atoms. The predicted molar refractivity (Wildman–Crippen MR) is 97.6 cm³/mol. The van der Waals surface area contributed by atoms with Crippen molar-refractivity contribution in [2.24, 2.45) is 5.92 Å². The highest BCUT2D eigenvalue weighted by Crippen LogP contribution is 2.22. The van der Waals surface area contributed by atoms with Crippen molar-refractivity contribution in [1.82, 2.24) is 19.6 Å². The summed E-state index contributed by atoms with van der Waals surface area (Å²) in [6.07, 6.45) is 3.30. The number of amides is 1. The first kappa shape index (κ1) is 18.4. The lowest BCUT2D eigenvalue weighted by Crippen LogP contribution is -2.48. The van der Waals surface area contributed by atoms with E-state index in [4.69, 9.17) is 4.74 Å². The Morgan fingerprint density at radius 1 is 1.36 bits per heavy atom. The van der Waals surface area contributed by atoms with Gasteiger partial charge in [0.2, 0.25) is 5.91 Å². The third-order valence-electron chi connectivity index (χ3n) is 5.76. The second-order valence-electron chi connectivity index (χ2n) is 7.76. The van der Waals surface area contributed by atoms with Crippen molar-refractivity contribution in [3.05, 3.63) is 17.5 Å². The number of rotatable bonds is 5. The average molecular weight is 348 g/mol. The first-order valence-electron chi connectivity index (χ1n) is 9.55. The molecule has 2 saturated heterocycles. The van der Waals surface area contributed by atoms with Crippen LogP contribution in [0, 0.1) is 19.8 Å². The molecule has 6 heteroatoms. The summed E-state index contributed by atoms with van der Waals surface area (Å²) in [7, 11) is 1.95. The Kier molecular flexibility index (Phi) is 5.79. The summed E-state index contributed by atoms with van der Waals surface area (Å²) in [5.41, 5.74) is 2.00. The van der Waals surface area contributed by atoms with Crippen molar-refractivity contribution >= 4 is 5.91 Å². The van der Waals surface area contributed by atoms with Crippen LogP contribution in [-0.4, -0.2) is 71.4 Å². The lowest BCUT2D eigenvalue weighted by Gasteiger charge is -2.38. The summed E-state index contributed by atoms with van der Waals surface area (Å²) in [4.78, 5) is 17.4. The number of aryl methyl sites for hydroxylation is 2. The van der Waals surface area contributed by atoms with Crippen LogP contribution in [0.4, 0.5) is 0 Å². The smallest absolute Gasteiger partial charge is 0.247 e. The topological polar surface area (TPSA) is 50.6 Å². The number of likely N-dealkylation sites (N-methyl/N-ethyl adjacent to an activating group) is 1. The largest absolute Gasteiger partial charge is 0.381 e. The van der Waals surface area contributed by atoms with Crippen molar-refractivity contribution in [2.45, 2.75) is 52.1 Å². The standard InChI is InChI=1S/C19H32N4O2/c1-14-11-15(2)23(20-14)16(3)19(24)21(4)18-5-8-22(9-6-18)12-17-7-10-25-13-17/h11,16-18H,5-10,12-13H2,1-4H3/t16-,17+/m1/s1. The molecule has 6 nitrogen and oxygen atoms in total. The Hall–Kier alpha value is -1.40. The van der Waals surface area contributed by atoms with Gasteiger partial charge < -0.3 is 14.5 Å². The molecule has 1 amide bonds. The number of ether oxygens (including phenoxy) is 1. The lowest BCUT2D eigenvalue weighted by atomic mass is 10.0. The minimum atomic E-state index is -0.243. The second-order valence-corrected chi connectivity index (χ2v) is 7.76. The zero-order valence-electron chi connectivity index (χ0n) is 16.1. The van der Waals surface area contributed by atoms with Crippen molar-refractivity contribution < 1.29 is 9.53 Å². The molecule has 0 N–H and O–H groups in total. The van der Waals surface area contributed by atoms with E-state index in [1.54, 1.807) is 0 Å². The van der Waals surface area contributed by atoms with Gasteiger partial charge in [0.1, 0.15) is 6.04 Å². The molecule has 2 aliphatic heterocycles. The van der Waals surface area contributed by atoms with Gasteiger partial charge in [0, 0.05) is 45.0 Å². The molecule has 2 aliphatic rings. The van der Waals surface area contributed by atoms with E-state index in [2.05, 4.69) is 10.00 Å². The normalized spacial score (nSPS) is 23.8. The highest BCUT2D eigenvalue weighted by molar-refractivity contribution is 5.80. The third kappa shape index (κ3) is 4.23. The number of carbonyl (C=O) groups is 1. The first-order chi connectivity index (χ1) is 12.0. The maximum absolute atomic E-state index is 12.9. The number of hydrogen-bond donors (Lipinski definition) is 0. The number of piperidine rings is 1. The summed E-state index contributed by atoms with van der Waals surface area (Å²) in [5.74, 6) is 0.857. The number of hydrogen-bond acceptors (Lipinski definition) is 4. The minimum absolute atomic E-state index is 0.161. The zero-order valence-corrected chi connectivity index (χ0v) is 16.1. The van der Waals surface area contributed by atoms with Crippen molar-refractivity contribution in [2.75, 3.05) is 39.9 Å². The summed E-state index contributed by atoms with van der Waals surface area (Å²) >= 11 is 0. The van der Waals surface area contributed by atoms with Gasteiger partial charge in [-0.15, -0.1) is 0 Å². The van der Waals surface area contributed by atoms with E-state index in [1.807, 2.05) is 43.5 Å². The monoisotopic (exact) mass is 348 g/mol. The molecule has 3 heterocycles. The number of likely N-dealkylation sites (tertiary alicyclic amines) is 1. The van der Waals surface area contributed by atoms with Crippen molar-refractivity contribution in [3.63, 3.8) is 0 Å². The first-order valence-corrected chi connectivity index (χ1v) is 9.55. The zero-order chi connectivity index (χ0) is 18.0. The molecule has 0 unspecified atom stereocenters. The van der Waals surface area contributed by atoms with Crippen LogP contribution in [0.15, 0.2) is 6.07 Å². The van der Waals surface area contributed by atoms with Crippen LogP contribution in [0.1, 0.15) is 43.6 Å². The van der Waals surface area contributed by atoms with Crippen molar-refractivity contribution in [1.29, 1.82) is 0 Å². The van der Waals surface area contributed by atoms with E-state index in [1.165, 1.54) is 6.42 Å². The third-order valence-corrected chi connectivity index (χ3v) is 5.76. The summed E-state index contributed by atoms with van der Waals surface area (Å²) in [6, 6.07) is 2.12. The molecule has 1 aromatic heterocycles. The number of aromatic nitrogens is 2. The molecule has 25 heavy (non-hydrogen) atoms. The Bertz CT molecular complexity index is 586. The maximum Gasteiger partial charge on any atom is 0.247 e. The van der Waals surface area contributed by atoms with Gasteiger partial charge in [-0.25, -0.2) is 0 Å². The van der Waals surface area contributed by atoms with Crippen LogP contribution < -0.4 is 0 Å². The molecule has 1 aromatic rings. The number of carbonyl (C=O) groups excluding carboxylic acids is 1. The molecule has 0 radical (unpaired) electrons. The minimum Gasteiger partial charge on any atom is -0.381 e. The molecule has 140 valence electrons. The van der Waals surface area contributed by atoms with E-state index in [-0.39, 0.29) is 11.9 Å². The Morgan fingerprint density at radius 3 is 2.64 bits per heavy atom. The van der Waals surface area contributed by atoms with Gasteiger partial charge in [-0.05, 0) is 52.0 Å². The molecule has 2 atom stereocenters. The maximum atomic E-state index is 12.9. The molecule has 0 bridgehead atoms. The Labute approximate surface area is 151 Å². The van der Waals surface area contributed by atoms with E-state index in [0.29, 0.717) is 12.0 Å². The second kappa shape index (κ2) is 7.87. The van der Waals surface area contributed by atoms with Crippen LogP contribution in [0.25, 0.3) is 0 Å². The van der Waals surface area contributed by atoms with Gasteiger partial charge in [0.15, 0.2) is 0 Å². The van der Waals surface area contributed by atoms with Crippen LogP contribution in [0.3, 0.4) is 0 Å². The fourth-order valence-electron chi connectivity index (χ4n) is 4.20. The van der Waals surface area contributed by atoms with Crippen molar-refractivity contribution in [3.8, 4) is 0 Å². The predicted octanol–water partition coefficient (Wildman–Crippen LogP) is 2.02. The van der Waals surface area contributed by atoms with Crippen LogP contribution in [0.5, 0.6) is 0 Å². The molecular formula is C19H32N4O2. The number of nitrogens with zero attached hydrogens (tertiary/aromatic N) is 4. The van der Waals surface area contributed by atoms with Crippen LogP contribution in [0.2, 0.25) is 0 Å². The van der Waals surface area contributed by atoms with E-state index >= 15 is 0 Å². The summed E-state index contributed by atoms with van der Waals surface area (Å²) in [6.45, 7) is 11.1. The molecule has 0 aliphatic carbocycles. The Morgan fingerprint density at radius 2 is 2.08 bits per heavy atom. The fraction of sp³-hybridized carbons (Fsp3) is 0.789. The molecule has 3 rings (SSSR count). The van der Waals surface area contributed by atoms with Gasteiger partial charge in [0.05, 0.1) is 12.3 Å². The van der Waals surface area contributed by atoms with Crippen LogP contribution >= 0.6 is 0 Å². The quantitative estimate of drug-likeness (QED) is 0.817. The van der Waals surface area contributed by atoms with Gasteiger partial charge in [-0.1, -0.05) is 0 Å². The van der Waals surface area contributed by atoms with Gasteiger partial charge in [0.25, 0.3) is 0 Å². The van der Waals surface area contributed by atoms with E-state index < -0.39 is 0 Å². The highest BCUT2D eigenvalue weighted by Gasteiger charge is 2.30. The Balaban J connectivity index is 1.52. The molecule has 0 saturated carbocycles. The summed E-state index contributed by atoms with van der Waals surface area (Å²) < 4.78 is 7.33. The molecule has 2 fully saturated rings. The van der Waals surface area contributed by atoms with E-state index in [9.17, 15) is 4.79 Å². The average Bonchev–Trinajstić information content (AvgIpc) is 3.22. The molecular weight excluding hydrogens is 316 g/mol. The van der Waals surface area contributed by atoms with Gasteiger partial charge >= 0.3 is 0 Å². The lowest BCUT2D eigenvalue weighted by molar-refractivity contribution is -0.136. The molecule has 0 aromatic carbocycles. The van der Waals surface area contributed by atoms with E-state index in [0.717, 1.165) is 57.1 Å². The SMILES string of the molecule is Cc1cc(C)n([C@H](C)C(=O)N(C)C2CCN(C[C@@H]3CCOC3)CC2)n1. The summed E-state index contributed by atoms with van der Waals surface area (Å²) in [5, 5.41) is 4.48. The van der Waals surface area contributed by atoms with Crippen LogP contribution in [-0.2, 0) is 9.53 Å². The van der Waals surface area contributed by atoms with Gasteiger partial charge in [-0.3, -0.25) is 9.48 Å². The fourth-order valence-corrected chi connectivity index (χ4v) is 4.20.